The van der Waals surface area contributed by atoms with Gasteiger partial charge in [0.15, 0.2) is 0 Å². The topological polar surface area (TPSA) is 42.0 Å². The fourth-order valence-electron chi connectivity index (χ4n) is 3.02. The largest absolute Gasteiger partial charge is 0.349 e. The zero-order valence-corrected chi connectivity index (χ0v) is 14.8. The Morgan fingerprint density at radius 3 is 2.59 bits per heavy atom. The number of hydrogen-bond donors (Lipinski definition) is 1. The van der Waals surface area contributed by atoms with Gasteiger partial charge >= 0.3 is 0 Å². The molecule has 0 aliphatic carbocycles. The molecule has 0 spiro atoms. The molecule has 1 amide bonds. The van der Waals surface area contributed by atoms with Crippen molar-refractivity contribution < 1.29 is 18.0 Å². The van der Waals surface area contributed by atoms with E-state index in [-0.39, 0.29) is 17.5 Å². The highest BCUT2D eigenvalue weighted by Crippen LogP contribution is 2.22. The number of aromatic nitrogens is 1. The van der Waals surface area contributed by atoms with E-state index in [2.05, 4.69) is 10.3 Å². The number of hydrogen-bond acceptors (Lipinski definition) is 2. The maximum atomic E-state index is 13.7. The number of carbonyl (C=O) groups is 1. The molecule has 6 heteroatoms. The van der Waals surface area contributed by atoms with Gasteiger partial charge in [0.1, 0.15) is 11.3 Å². The van der Waals surface area contributed by atoms with Crippen LogP contribution in [0.3, 0.4) is 0 Å². The molecule has 3 rings (SSSR count). The number of amides is 1. The van der Waals surface area contributed by atoms with Gasteiger partial charge in [-0.25, -0.2) is 13.2 Å². The SMILES string of the molecule is CC(F)(F)CC(Cc1ccccc1)NC(=O)c1cnc2c(F)cccc2c1. The molecule has 27 heavy (non-hydrogen) atoms. The van der Waals surface area contributed by atoms with Crippen molar-refractivity contribution >= 4 is 16.8 Å². The predicted octanol–water partition coefficient (Wildman–Crippen LogP) is 4.76. The van der Waals surface area contributed by atoms with E-state index in [4.69, 9.17) is 0 Å². The van der Waals surface area contributed by atoms with Crippen molar-refractivity contribution in [2.75, 3.05) is 0 Å². The molecule has 140 valence electrons. The summed E-state index contributed by atoms with van der Waals surface area (Å²) in [5, 5.41) is 3.14. The molecule has 0 saturated carbocycles. The molecule has 1 N–H and O–H groups in total. The van der Waals surface area contributed by atoms with Gasteiger partial charge in [0.2, 0.25) is 5.92 Å². The summed E-state index contributed by atoms with van der Waals surface area (Å²) in [5.74, 6) is -3.91. The Balaban J connectivity index is 1.81. The van der Waals surface area contributed by atoms with Crippen molar-refractivity contribution in [3.63, 3.8) is 0 Å². The Morgan fingerprint density at radius 2 is 1.89 bits per heavy atom. The molecule has 3 aromatic rings. The van der Waals surface area contributed by atoms with Gasteiger partial charge in [-0.1, -0.05) is 42.5 Å². The molecule has 0 bridgehead atoms. The van der Waals surface area contributed by atoms with Crippen molar-refractivity contribution in [2.45, 2.75) is 31.7 Å². The fourth-order valence-corrected chi connectivity index (χ4v) is 3.02. The van der Waals surface area contributed by atoms with Crippen LogP contribution < -0.4 is 5.32 Å². The zero-order valence-electron chi connectivity index (χ0n) is 14.8. The van der Waals surface area contributed by atoms with Gasteiger partial charge in [-0.3, -0.25) is 9.78 Å². The van der Waals surface area contributed by atoms with Crippen molar-refractivity contribution in [3.05, 3.63) is 77.7 Å². The van der Waals surface area contributed by atoms with Crippen LogP contribution in [0.1, 0.15) is 29.3 Å². The number of nitrogens with zero attached hydrogens (tertiary/aromatic N) is 1. The minimum absolute atomic E-state index is 0.162. The number of alkyl halides is 2. The second-order valence-electron chi connectivity index (χ2n) is 6.67. The van der Waals surface area contributed by atoms with Crippen LogP contribution >= 0.6 is 0 Å². The molecule has 0 fully saturated rings. The minimum Gasteiger partial charge on any atom is -0.349 e. The monoisotopic (exact) mass is 372 g/mol. The van der Waals surface area contributed by atoms with E-state index in [1.165, 1.54) is 24.4 Å². The molecular formula is C21H19F3N2O. The summed E-state index contributed by atoms with van der Waals surface area (Å²) in [6.45, 7) is 0.831. The molecule has 0 saturated heterocycles. The Hall–Kier alpha value is -2.89. The lowest BCUT2D eigenvalue weighted by Crippen LogP contribution is -2.40. The number of nitrogens with one attached hydrogen (secondary N) is 1. The first-order valence-electron chi connectivity index (χ1n) is 8.59. The van der Waals surface area contributed by atoms with E-state index >= 15 is 0 Å². The van der Waals surface area contributed by atoms with Crippen LogP contribution in [0.4, 0.5) is 13.2 Å². The van der Waals surface area contributed by atoms with Gasteiger partial charge in [-0.2, -0.15) is 0 Å². The number of fused-ring (bicyclic) bond motifs is 1. The van der Waals surface area contributed by atoms with Gasteiger partial charge in [0.25, 0.3) is 5.91 Å². The molecule has 1 aromatic heterocycles. The molecule has 0 aliphatic rings. The smallest absolute Gasteiger partial charge is 0.253 e. The van der Waals surface area contributed by atoms with Gasteiger partial charge in [0, 0.05) is 24.0 Å². The Kier molecular flexibility index (Phi) is 5.44. The number of pyridine rings is 1. The summed E-state index contributed by atoms with van der Waals surface area (Å²) in [7, 11) is 0. The lowest BCUT2D eigenvalue weighted by molar-refractivity contribution is 0.00322. The molecule has 1 heterocycles. The number of halogens is 3. The standard InChI is InChI=1S/C21H19F3N2O/c1-21(23,24)12-17(10-14-6-3-2-4-7-14)26-20(27)16-11-15-8-5-9-18(22)19(15)25-13-16/h2-9,11,13,17H,10,12H2,1H3,(H,26,27). The molecule has 3 nitrogen and oxygen atoms in total. The van der Waals surface area contributed by atoms with Gasteiger partial charge in [-0.15, -0.1) is 0 Å². The number of para-hydroxylation sites is 1. The second-order valence-corrected chi connectivity index (χ2v) is 6.67. The second kappa shape index (κ2) is 7.78. The van der Waals surface area contributed by atoms with Crippen molar-refractivity contribution in [1.29, 1.82) is 0 Å². The third-order valence-electron chi connectivity index (χ3n) is 4.19. The number of rotatable bonds is 6. The predicted molar refractivity (Wildman–Crippen MR) is 98.3 cm³/mol. The first kappa shape index (κ1) is 18.9. The first-order valence-corrected chi connectivity index (χ1v) is 8.59. The maximum absolute atomic E-state index is 13.7. The van der Waals surface area contributed by atoms with E-state index in [1.807, 2.05) is 30.3 Å². The number of benzene rings is 2. The van der Waals surface area contributed by atoms with Crippen LogP contribution in [0, 0.1) is 5.82 Å². The summed E-state index contributed by atoms with van der Waals surface area (Å²) < 4.78 is 40.9. The van der Waals surface area contributed by atoms with Gasteiger partial charge in [0.05, 0.1) is 5.56 Å². The highest BCUT2D eigenvalue weighted by molar-refractivity contribution is 5.97. The quantitative estimate of drug-likeness (QED) is 0.678. The molecule has 2 aromatic carbocycles. The van der Waals surface area contributed by atoms with E-state index in [1.54, 1.807) is 6.07 Å². The molecule has 1 atom stereocenters. The van der Waals surface area contributed by atoms with Crippen LogP contribution in [0.2, 0.25) is 0 Å². The van der Waals surface area contributed by atoms with Crippen LogP contribution in [0.15, 0.2) is 60.8 Å². The average molecular weight is 372 g/mol. The summed E-state index contributed by atoms with van der Waals surface area (Å²) in [6.07, 6.45) is 1.05. The molecular weight excluding hydrogens is 353 g/mol. The lowest BCUT2D eigenvalue weighted by Gasteiger charge is -2.22. The summed E-state index contributed by atoms with van der Waals surface area (Å²) in [4.78, 5) is 16.6. The first-order chi connectivity index (χ1) is 12.8. The highest BCUT2D eigenvalue weighted by Gasteiger charge is 2.28. The number of carbonyl (C=O) groups excluding carboxylic acids is 1. The van der Waals surface area contributed by atoms with Gasteiger partial charge < -0.3 is 5.32 Å². The zero-order chi connectivity index (χ0) is 19.4. The third kappa shape index (κ3) is 5.06. The van der Waals surface area contributed by atoms with Crippen LogP contribution in [0.5, 0.6) is 0 Å². The maximum Gasteiger partial charge on any atom is 0.253 e. The highest BCUT2D eigenvalue weighted by atomic mass is 19.3. The summed E-state index contributed by atoms with van der Waals surface area (Å²) in [5.41, 5.74) is 1.21. The average Bonchev–Trinajstić information content (AvgIpc) is 2.61. The third-order valence-corrected chi connectivity index (χ3v) is 4.19. The summed E-state index contributed by atoms with van der Waals surface area (Å²) in [6, 6.07) is 14.3. The Labute approximate surface area is 155 Å². The minimum atomic E-state index is -2.92. The van der Waals surface area contributed by atoms with Crippen molar-refractivity contribution in [2.24, 2.45) is 0 Å². The Morgan fingerprint density at radius 1 is 1.15 bits per heavy atom. The van der Waals surface area contributed by atoms with E-state index in [9.17, 15) is 18.0 Å². The van der Waals surface area contributed by atoms with Crippen molar-refractivity contribution in [1.82, 2.24) is 10.3 Å². The summed E-state index contributed by atoms with van der Waals surface area (Å²) >= 11 is 0. The van der Waals surface area contributed by atoms with E-state index in [0.717, 1.165) is 12.5 Å². The van der Waals surface area contributed by atoms with E-state index in [0.29, 0.717) is 5.39 Å². The molecule has 1 unspecified atom stereocenters. The normalized spacial score (nSPS) is 12.7. The van der Waals surface area contributed by atoms with Crippen LogP contribution in [0.25, 0.3) is 10.9 Å². The Bertz CT molecular complexity index is 939. The van der Waals surface area contributed by atoms with Gasteiger partial charge in [-0.05, 0) is 31.0 Å². The lowest BCUT2D eigenvalue weighted by atomic mass is 10.00. The van der Waals surface area contributed by atoms with Crippen LogP contribution in [-0.2, 0) is 6.42 Å². The van der Waals surface area contributed by atoms with Crippen LogP contribution in [-0.4, -0.2) is 22.9 Å². The molecule has 0 radical (unpaired) electrons. The fraction of sp³-hybridized carbons (Fsp3) is 0.238. The molecule has 0 aliphatic heterocycles. The van der Waals surface area contributed by atoms with E-state index < -0.39 is 30.1 Å². The van der Waals surface area contributed by atoms with Crippen molar-refractivity contribution in [3.8, 4) is 0 Å².